The number of carbonyl (C=O) groups is 1. The molecule has 0 bridgehead atoms. The molecular weight excluding hydrogens is 216 g/mol. The Morgan fingerprint density at radius 1 is 1.47 bits per heavy atom. The molecule has 17 heavy (non-hydrogen) atoms. The predicted octanol–water partition coefficient (Wildman–Crippen LogP) is 2.07. The molecule has 2 aliphatic rings. The minimum Gasteiger partial charge on any atom is -0.450 e. The number of hydrogen-bond donors (Lipinski definition) is 0. The van der Waals surface area contributed by atoms with Crippen LogP contribution in [0.5, 0.6) is 0 Å². The first-order valence-electron chi connectivity index (χ1n) is 6.59. The third-order valence-electron chi connectivity index (χ3n) is 3.52. The summed E-state index contributed by atoms with van der Waals surface area (Å²) >= 11 is 0. The minimum atomic E-state index is -0.184. The molecule has 1 amide bonds. The highest BCUT2D eigenvalue weighted by Crippen LogP contribution is 2.25. The third kappa shape index (κ3) is 2.73. The minimum absolute atomic E-state index is 0.184. The molecule has 0 aromatic carbocycles. The van der Waals surface area contributed by atoms with Crippen LogP contribution in [-0.2, 0) is 4.74 Å². The Morgan fingerprint density at radius 2 is 2.18 bits per heavy atom. The van der Waals surface area contributed by atoms with Crippen molar-refractivity contribution in [3.63, 3.8) is 0 Å². The second kappa shape index (κ2) is 5.43. The van der Waals surface area contributed by atoms with E-state index < -0.39 is 0 Å². The van der Waals surface area contributed by atoms with Crippen molar-refractivity contribution in [3.8, 4) is 0 Å². The highest BCUT2D eigenvalue weighted by molar-refractivity contribution is 5.68. The Labute approximate surface area is 103 Å². The van der Waals surface area contributed by atoms with Crippen molar-refractivity contribution < 1.29 is 9.53 Å². The van der Waals surface area contributed by atoms with Crippen molar-refractivity contribution >= 4 is 6.09 Å². The Kier molecular flexibility index (Phi) is 3.92. The predicted molar refractivity (Wildman–Crippen MR) is 66.6 cm³/mol. The highest BCUT2D eigenvalue weighted by atomic mass is 16.6. The Bertz CT molecular complexity index is 309. The van der Waals surface area contributed by atoms with Crippen LogP contribution < -0.4 is 0 Å². The first-order valence-corrected chi connectivity index (χ1v) is 6.59. The molecule has 0 N–H and O–H groups in total. The van der Waals surface area contributed by atoms with E-state index in [4.69, 9.17) is 4.74 Å². The van der Waals surface area contributed by atoms with E-state index in [0.717, 1.165) is 6.54 Å². The van der Waals surface area contributed by atoms with Crippen molar-refractivity contribution in [2.45, 2.75) is 26.7 Å². The lowest BCUT2D eigenvalue weighted by Crippen LogP contribution is -2.41. The first-order chi connectivity index (χ1) is 8.22. The van der Waals surface area contributed by atoms with Gasteiger partial charge in [0.1, 0.15) is 0 Å². The summed E-state index contributed by atoms with van der Waals surface area (Å²) in [7, 11) is 0. The molecule has 1 atom stereocenters. The maximum Gasteiger partial charge on any atom is 0.410 e. The third-order valence-corrected chi connectivity index (χ3v) is 3.52. The van der Waals surface area contributed by atoms with Gasteiger partial charge in [0.05, 0.1) is 6.61 Å². The van der Waals surface area contributed by atoms with Gasteiger partial charge >= 0.3 is 6.09 Å². The van der Waals surface area contributed by atoms with E-state index in [1.807, 2.05) is 6.92 Å². The van der Waals surface area contributed by atoms with Gasteiger partial charge in [-0.05, 0) is 25.8 Å². The summed E-state index contributed by atoms with van der Waals surface area (Å²) in [6.07, 6.45) is 4.60. The van der Waals surface area contributed by atoms with Crippen LogP contribution in [0.2, 0.25) is 0 Å². The average Bonchev–Trinajstić information content (AvgIpc) is 2.82. The summed E-state index contributed by atoms with van der Waals surface area (Å²) < 4.78 is 5.03. The van der Waals surface area contributed by atoms with Crippen molar-refractivity contribution in [1.82, 2.24) is 9.80 Å². The lowest BCUT2D eigenvalue weighted by atomic mass is 10.0. The largest absolute Gasteiger partial charge is 0.450 e. The molecule has 4 heteroatoms. The molecule has 4 nitrogen and oxygen atoms in total. The number of carbonyl (C=O) groups excluding carboxylic acids is 1. The van der Waals surface area contributed by atoms with Gasteiger partial charge in [0.15, 0.2) is 0 Å². The molecule has 0 radical (unpaired) electrons. The fourth-order valence-corrected chi connectivity index (χ4v) is 2.68. The molecule has 0 saturated carbocycles. The lowest BCUT2D eigenvalue weighted by molar-refractivity contribution is 0.103. The van der Waals surface area contributed by atoms with Gasteiger partial charge in [-0.25, -0.2) is 4.79 Å². The molecule has 1 fully saturated rings. The number of nitrogens with zero attached hydrogens (tertiary/aromatic N) is 2. The van der Waals surface area contributed by atoms with Crippen LogP contribution in [0.3, 0.4) is 0 Å². The summed E-state index contributed by atoms with van der Waals surface area (Å²) in [5, 5.41) is 0. The standard InChI is InChI=1S/C13H22N2O2/c1-3-17-13(16)15-9-6-12(11(2)10-15)14-7-4-5-8-14/h6,11H,3-5,7-10H2,1-2H3. The monoisotopic (exact) mass is 238 g/mol. The smallest absolute Gasteiger partial charge is 0.410 e. The fourth-order valence-electron chi connectivity index (χ4n) is 2.68. The highest BCUT2D eigenvalue weighted by Gasteiger charge is 2.27. The SMILES string of the molecule is CCOC(=O)N1CC=C(N2CCCC2)C(C)C1. The maximum atomic E-state index is 11.6. The Balaban J connectivity index is 1.96. The molecule has 1 saturated heterocycles. The molecular formula is C13H22N2O2. The molecule has 0 aliphatic carbocycles. The van der Waals surface area contributed by atoms with E-state index in [1.165, 1.54) is 31.6 Å². The van der Waals surface area contributed by atoms with Crippen molar-refractivity contribution in [1.29, 1.82) is 0 Å². The first kappa shape index (κ1) is 12.3. The number of likely N-dealkylation sites (tertiary alicyclic amines) is 1. The van der Waals surface area contributed by atoms with E-state index in [0.29, 0.717) is 19.1 Å². The molecule has 2 heterocycles. The molecule has 96 valence electrons. The van der Waals surface area contributed by atoms with E-state index in [2.05, 4.69) is 17.9 Å². The second-order valence-electron chi connectivity index (χ2n) is 4.83. The van der Waals surface area contributed by atoms with E-state index >= 15 is 0 Å². The zero-order valence-corrected chi connectivity index (χ0v) is 10.8. The lowest BCUT2D eigenvalue weighted by Gasteiger charge is -2.35. The van der Waals surface area contributed by atoms with Gasteiger partial charge in [-0.15, -0.1) is 0 Å². The second-order valence-corrected chi connectivity index (χ2v) is 4.83. The average molecular weight is 238 g/mol. The van der Waals surface area contributed by atoms with Crippen molar-refractivity contribution in [2.75, 3.05) is 32.8 Å². The van der Waals surface area contributed by atoms with E-state index in [-0.39, 0.29) is 6.09 Å². The normalized spacial score (nSPS) is 24.8. The van der Waals surface area contributed by atoms with Gasteiger partial charge in [0, 0.05) is 37.8 Å². The Morgan fingerprint density at radius 3 is 2.76 bits per heavy atom. The van der Waals surface area contributed by atoms with Crippen LogP contribution in [0.1, 0.15) is 26.7 Å². The zero-order valence-electron chi connectivity index (χ0n) is 10.8. The van der Waals surface area contributed by atoms with Gasteiger partial charge in [0.2, 0.25) is 0 Å². The van der Waals surface area contributed by atoms with Crippen molar-refractivity contribution in [2.24, 2.45) is 5.92 Å². The van der Waals surface area contributed by atoms with E-state index in [9.17, 15) is 4.79 Å². The van der Waals surface area contributed by atoms with Gasteiger partial charge in [-0.3, -0.25) is 0 Å². The maximum absolute atomic E-state index is 11.6. The van der Waals surface area contributed by atoms with Crippen LogP contribution in [0.15, 0.2) is 11.8 Å². The molecule has 0 aromatic rings. The van der Waals surface area contributed by atoms with E-state index in [1.54, 1.807) is 4.90 Å². The van der Waals surface area contributed by atoms with Gasteiger partial charge in [-0.1, -0.05) is 6.92 Å². The summed E-state index contributed by atoms with van der Waals surface area (Å²) in [5.41, 5.74) is 1.42. The topological polar surface area (TPSA) is 32.8 Å². The van der Waals surface area contributed by atoms with Gasteiger partial charge in [0.25, 0.3) is 0 Å². The van der Waals surface area contributed by atoms with Crippen LogP contribution in [-0.4, -0.2) is 48.7 Å². The number of ether oxygens (including phenoxy) is 1. The molecule has 0 spiro atoms. The van der Waals surface area contributed by atoms with Crippen LogP contribution in [0, 0.1) is 5.92 Å². The van der Waals surface area contributed by atoms with Crippen LogP contribution in [0.4, 0.5) is 4.79 Å². The summed E-state index contributed by atoms with van der Waals surface area (Å²) in [5.74, 6) is 0.422. The molecule has 2 rings (SSSR count). The van der Waals surface area contributed by atoms with Crippen LogP contribution in [0.25, 0.3) is 0 Å². The Hall–Kier alpha value is -1.19. The number of hydrogen-bond acceptors (Lipinski definition) is 3. The zero-order chi connectivity index (χ0) is 12.3. The number of amides is 1. The summed E-state index contributed by atoms with van der Waals surface area (Å²) in [6.45, 7) is 8.31. The van der Waals surface area contributed by atoms with Crippen LogP contribution >= 0.6 is 0 Å². The van der Waals surface area contributed by atoms with Gasteiger partial charge in [-0.2, -0.15) is 0 Å². The summed E-state index contributed by atoms with van der Waals surface area (Å²) in [6, 6.07) is 0. The molecule has 0 aromatic heterocycles. The number of rotatable bonds is 2. The quantitative estimate of drug-likeness (QED) is 0.738. The molecule has 1 unspecified atom stereocenters. The fraction of sp³-hybridized carbons (Fsp3) is 0.769. The van der Waals surface area contributed by atoms with Crippen molar-refractivity contribution in [3.05, 3.63) is 11.8 Å². The summed E-state index contributed by atoms with van der Waals surface area (Å²) in [4.78, 5) is 15.9. The van der Waals surface area contributed by atoms with Gasteiger partial charge < -0.3 is 14.5 Å². The molecule has 2 aliphatic heterocycles.